The van der Waals surface area contributed by atoms with Crippen molar-refractivity contribution in [3.63, 3.8) is 0 Å². The van der Waals surface area contributed by atoms with Gasteiger partial charge in [-0.3, -0.25) is 19.1 Å². The van der Waals surface area contributed by atoms with Gasteiger partial charge in [-0.05, 0) is 57.8 Å². The minimum atomic E-state index is -2.41. The van der Waals surface area contributed by atoms with E-state index < -0.39 is 40.2 Å². The molecule has 15 nitrogen and oxygen atoms in total. The second kappa shape index (κ2) is 16.9. The SMILES string of the molecule is [C-]#[N+]CCOP(O[C@H]1[C@@H](O[Si](C)(C)C(C)(C)C)[C@H](n2cnc3c(OCCc4ccc([N+](=O)[O-])cc4)nc4nccn4c32)O[C@@H]1CC)N(C(C)C)C(C)C. The third-order valence-corrected chi connectivity index (χ3v) is 16.5. The highest BCUT2D eigenvalue weighted by molar-refractivity contribution is 7.44. The van der Waals surface area contributed by atoms with Gasteiger partial charge in [0.2, 0.25) is 18.2 Å². The molecule has 3 aromatic heterocycles. The molecule has 0 aliphatic carbocycles. The predicted octanol–water partition coefficient (Wildman–Crippen LogP) is 7.97. The summed E-state index contributed by atoms with van der Waals surface area (Å²) in [6.45, 7) is 29.8. The Morgan fingerprint density at radius 3 is 2.42 bits per heavy atom. The van der Waals surface area contributed by atoms with Crippen LogP contribution < -0.4 is 4.74 Å². The molecule has 0 radical (unpaired) electrons. The first-order chi connectivity index (χ1) is 25.1. The zero-order valence-electron chi connectivity index (χ0n) is 32.4. The van der Waals surface area contributed by atoms with E-state index in [1.165, 1.54) is 12.1 Å². The Morgan fingerprint density at radius 2 is 1.81 bits per heavy atom. The number of hydrogen-bond donors (Lipinski definition) is 0. The number of hydrogen-bond acceptors (Lipinski definition) is 11. The van der Waals surface area contributed by atoms with E-state index in [2.05, 4.69) is 88.0 Å². The van der Waals surface area contributed by atoms with Gasteiger partial charge in [0.05, 0.1) is 24.0 Å². The molecule has 53 heavy (non-hydrogen) atoms. The van der Waals surface area contributed by atoms with Crippen molar-refractivity contribution >= 4 is 39.5 Å². The Morgan fingerprint density at radius 1 is 1.11 bits per heavy atom. The molecule has 0 saturated carbocycles. The van der Waals surface area contributed by atoms with Crippen molar-refractivity contribution < 1.29 is 27.9 Å². The number of fused-ring (bicyclic) bond motifs is 3. The summed E-state index contributed by atoms with van der Waals surface area (Å²) in [6, 6.07) is 6.68. The van der Waals surface area contributed by atoms with Gasteiger partial charge >= 0.3 is 0 Å². The Labute approximate surface area is 314 Å². The summed E-state index contributed by atoms with van der Waals surface area (Å²) in [5.74, 6) is 0.755. The number of imidazole rings is 2. The van der Waals surface area contributed by atoms with Crippen LogP contribution in [0.1, 0.15) is 73.6 Å². The molecule has 1 aliphatic heterocycles. The summed E-state index contributed by atoms with van der Waals surface area (Å²) in [7, 11) is -4.00. The van der Waals surface area contributed by atoms with Crippen LogP contribution in [0.3, 0.4) is 0 Å². The minimum absolute atomic E-state index is 0.0395. The van der Waals surface area contributed by atoms with E-state index in [0.717, 1.165) is 5.56 Å². The van der Waals surface area contributed by atoms with Gasteiger partial charge in [-0.25, -0.2) is 21.2 Å². The van der Waals surface area contributed by atoms with Crippen molar-refractivity contribution in [3.8, 4) is 5.88 Å². The number of non-ortho nitro benzene ring substituents is 1. The summed E-state index contributed by atoms with van der Waals surface area (Å²) in [5.41, 5.74) is 2.15. The summed E-state index contributed by atoms with van der Waals surface area (Å²) in [6.07, 6.45) is 4.44. The lowest BCUT2D eigenvalue weighted by atomic mass is 10.1. The summed E-state index contributed by atoms with van der Waals surface area (Å²) in [5, 5.41) is 11.0. The van der Waals surface area contributed by atoms with Crippen LogP contribution in [-0.2, 0) is 24.6 Å². The van der Waals surface area contributed by atoms with Crippen LogP contribution in [0, 0.1) is 16.7 Å². The van der Waals surface area contributed by atoms with Crippen LogP contribution in [0.2, 0.25) is 18.1 Å². The Kier molecular flexibility index (Phi) is 12.9. The number of nitro groups is 1. The minimum Gasteiger partial charge on any atom is -0.476 e. The fraction of sp³-hybridized carbons (Fsp3) is 0.611. The van der Waals surface area contributed by atoms with E-state index in [1.807, 2.05) is 15.2 Å². The van der Waals surface area contributed by atoms with E-state index in [0.29, 0.717) is 35.7 Å². The summed E-state index contributed by atoms with van der Waals surface area (Å²) < 4.78 is 40.0. The molecular weight excluding hydrogens is 716 g/mol. The average molecular weight is 769 g/mol. The molecular formula is C36H53N8O7PSi. The highest BCUT2D eigenvalue weighted by atomic mass is 31.2. The molecule has 0 bridgehead atoms. The van der Waals surface area contributed by atoms with Gasteiger partial charge in [-0.1, -0.05) is 39.8 Å². The second-order valence-corrected chi connectivity index (χ2v) is 21.4. The largest absolute Gasteiger partial charge is 0.476 e. The first-order valence-corrected chi connectivity index (χ1v) is 22.2. The first kappa shape index (κ1) is 40.6. The molecule has 0 N–H and O–H groups in total. The lowest BCUT2D eigenvalue weighted by Crippen LogP contribution is -2.49. The zero-order chi connectivity index (χ0) is 38.7. The topological polar surface area (TPSA) is 145 Å². The summed E-state index contributed by atoms with van der Waals surface area (Å²) in [4.78, 5) is 28.2. The van der Waals surface area contributed by atoms with Gasteiger partial charge in [0.25, 0.3) is 14.2 Å². The van der Waals surface area contributed by atoms with Gasteiger partial charge in [-0.2, -0.15) is 4.98 Å². The molecule has 288 valence electrons. The fourth-order valence-electron chi connectivity index (χ4n) is 6.19. The maximum atomic E-state index is 11.1. The van der Waals surface area contributed by atoms with Crippen molar-refractivity contribution in [2.45, 2.75) is 123 Å². The van der Waals surface area contributed by atoms with Crippen molar-refractivity contribution in [1.82, 2.24) is 28.6 Å². The normalized spacial score (nSPS) is 20.2. The van der Waals surface area contributed by atoms with Crippen molar-refractivity contribution in [2.24, 2.45) is 0 Å². The van der Waals surface area contributed by atoms with Crippen molar-refractivity contribution in [2.75, 3.05) is 19.8 Å². The molecule has 4 aromatic rings. The number of aromatic nitrogens is 5. The highest BCUT2D eigenvalue weighted by Gasteiger charge is 2.53. The lowest BCUT2D eigenvalue weighted by Gasteiger charge is -2.42. The summed E-state index contributed by atoms with van der Waals surface area (Å²) >= 11 is 0. The molecule has 1 unspecified atom stereocenters. The van der Waals surface area contributed by atoms with E-state index in [1.54, 1.807) is 24.7 Å². The Hall–Kier alpha value is -3.55. The average Bonchev–Trinajstić information content (AvgIpc) is 3.81. The van der Waals surface area contributed by atoms with Gasteiger partial charge in [0.1, 0.15) is 18.8 Å². The molecule has 1 fully saturated rings. The Bertz CT molecular complexity index is 1880. The highest BCUT2D eigenvalue weighted by Crippen LogP contribution is 2.52. The maximum absolute atomic E-state index is 11.1. The standard InChI is InChI=1S/C36H53N8O7PSi/c1-12-28-30(50-52(48-22-19-37-9)43(24(2)3)25(4)5)31(51-53(10,11)36(6,7)8)34(49-28)42-23-39-29-32(40-35-38-18-20-41(35)33(29)42)47-21-17-26-13-15-27(16-14-26)44(45)46/h13-16,18,20,23-25,28,30-31,34H,12,17,19,21-22H2,1-8,10-11H3/t28-,30-,31-,34-,52?/m1/s1. The van der Waals surface area contributed by atoms with E-state index >= 15 is 0 Å². The number of benzene rings is 1. The monoisotopic (exact) mass is 768 g/mol. The molecule has 4 heterocycles. The smallest absolute Gasteiger partial charge is 0.269 e. The third-order valence-electron chi connectivity index (χ3n) is 9.86. The molecule has 1 saturated heterocycles. The quantitative estimate of drug-likeness (QED) is 0.0258. The predicted molar refractivity (Wildman–Crippen MR) is 206 cm³/mol. The fourth-order valence-corrected chi connectivity index (χ4v) is 9.24. The third kappa shape index (κ3) is 8.89. The van der Waals surface area contributed by atoms with Gasteiger partial charge in [0.15, 0.2) is 25.7 Å². The second-order valence-electron chi connectivity index (χ2n) is 15.3. The molecule has 5 atom stereocenters. The molecule has 0 amide bonds. The van der Waals surface area contributed by atoms with Crippen LogP contribution in [0.4, 0.5) is 5.69 Å². The number of rotatable bonds is 17. The van der Waals surface area contributed by atoms with Crippen LogP contribution in [0.15, 0.2) is 43.0 Å². The molecule has 1 aliphatic rings. The van der Waals surface area contributed by atoms with Crippen LogP contribution >= 0.6 is 8.53 Å². The van der Waals surface area contributed by atoms with Crippen LogP contribution in [0.5, 0.6) is 5.88 Å². The lowest BCUT2D eigenvalue weighted by molar-refractivity contribution is -0.384. The van der Waals surface area contributed by atoms with E-state index in [-0.39, 0.29) is 48.7 Å². The number of nitrogens with zero attached hydrogens (tertiary/aromatic N) is 8. The van der Waals surface area contributed by atoms with Gasteiger partial charge in [0, 0.05) is 43.0 Å². The van der Waals surface area contributed by atoms with Gasteiger partial charge < -0.3 is 27.8 Å². The maximum Gasteiger partial charge on any atom is 0.269 e. The molecule has 0 spiro atoms. The molecule has 5 rings (SSSR count). The number of ether oxygens (including phenoxy) is 2. The first-order valence-electron chi connectivity index (χ1n) is 18.2. The van der Waals surface area contributed by atoms with E-state index in [9.17, 15) is 10.1 Å². The van der Waals surface area contributed by atoms with Gasteiger partial charge in [-0.15, -0.1) is 0 Å². The van der Waals surface area contributed by atoms with Crippen LogP contribution in [-0.4, -0.2) is 92.0 Å². The van der Waals surface area contributed by atoms with Crippen molar-refractivity contribution in [3.05, 3.63) is 70.1 Å². The van der Waals surface area contributed by atoms with Crippen LogP contribution in [0.25, 0.3) is 21.8 Å². The Balaban J connectivity index is 1.54. The molecule has 17 heteroatoms. The van der Waals surface area contributed by atoms with E-state index in [4.69, 9.17) is 34.5 Å². The number of nitro benzene ring substituents is 1. The van der Waals surface area contributed by atoms with Crippen molar-refractivity contribution in [1.29, 1.82) is 0 Å². The molecule has 1 aromatic carbocycles. The zero-order valence-corrected chi connectivity index (χ0v) is 34.3.